The summed E-state index contributed by atoms with van der Waals surface area (Å²) in [5.41, 5.74) is 5.39. The Labute approximate surface area is 241 Å². The van der Waals surface area contributed by atoms with Gasteiger partial charge in [-0.1, -0.05) is 93.1 Å². The molecule has 0 aliphatic heterocycles. The molecule has 2 atom stereocenters. The zero-order valence-electron chi connectivity index (χ0n) is 23.6. The van der Waals surface area contributed by atoms with Gasteiger partial charge in [0.25, 0.3) is 10.1 Å². The van der Waals surface area contributed by atoms with Gasteiger partial charge < -0.3 is 9.67 Å². The zero-order chi connectivity index (χ0) is 29.4. The molecule has 1 N–H and O–H groups in total. The van der Waals surface area contributed by atoms with Crippen LogP contribution in [0.1, 0.15) is 43.5 Å². The maximum absolute atomic E-state index is 14.4. The third kappa shape index (κ3) is 6.12. The molecule has 4 aromatic carbocycles. The van der Waals surface area contributed by atoms with Crippen LogP contribution in [0.2, 0.25) is 0 Å². The summed E-state index contributed by atoms with van der Waals surface area (Å²) >= 11 is 0. The Bertz CT molecular complexity index is 1770. The first-order valence-electron chi connectivity index (χ1n) is 13.5. The first kappa shape index (κ1) is 28.7. The SMILES string of the molecule is Cc1ccc(S(=O)(=O)OC[C@@H](O)[C@H](c2cccc(F)c2)n2cc(-c3ccc(C(C)(C)C)cc3)c3ccccc32)cc1. The van der Waals surface area contributed by atoms with Crippen molar-refractivity contribution in [2.45, 2.75) is 50.2 Å². The van der Waals surface area contributed by atoms with E-state index in [1.807, 2.05) is 42.0 Å². The van der Waals surface area contributed by atoms with Crippen molar-refractivity contribution in [3.63, 3.8) is 0 Å². The monoisotopic (exact) mass is 571 g/mol. The summed E-state index contributed by atoms with van der Waals surface area (Å²) in [5.74, 6) is -0.456. The van der Waals surface area contributed by atoms with Crippen molar-refractivity contribution in [2.24, 2.45) is 0 Å². The molecule has 0 aliphatic rings. The maximum atomic E-state index is 14.4. The lowest BCUT2D eigenvalue weighted by Gasteiger charge is -2.26. The second kappa shape index (κ2) is 11.2. The number of aliphatic hydroxyl groups excluding tert-OH is 1. The number of hydrogen-bond donors (Lipinski definition) is 1. The minimum Gasteiger partial charge on any atom is -0.388 e. The second-order valence-electron chi connectivity index (χ2n) is 11.4. The van der Waals surface area contributed by atoms with Gasteiger partial charge in [-0.15, -0.1) is 0 Å². The number of aliphatic hydroxyl groups is 1. The fourth-order valence-corrected chi connectivity index (χ4v) is 6.02. The lowest BCUT2D eigenvalue weighted by Crippen LogP contribution is -2.30. The number of nitrogens with zero attached hydrogens (tertiary/aromatic N) is 1. The third-order valence-corrected chi connectivity index (χ3v) is 8.66. The van der Waals surface area contributed by atoms with Crippen molar-refractivity contribution in [1.82, 2.24) is 4.57 Å². The Morgan fingerprint density at radius 1 is 0.902 bits per heavy atom. The van der Waals surface area contributed by atoms with Crippen molar-refractivity contribution in [3.8, 4) is 11.1 Å². The Kier molecular flexibility index (Phi) is 7.88. The molecular formula is C34H34FNO4S. The minimum absolute atomic E-state index is 0.00464. The van der Waals surface area contributed by atoms with Crippen LogP contribution in [-0.4, -0.2) is 30.8 Å². The van der Waals surface area contributed by atoms with Gasteiger partial charge in [-0.05, 0) is 59.4 Å². The summed E-state index contributed by atoms with van der Waals surface area (Å²) in [6, 6.07) is 27.7. The van der Waals surface area contributed by atoms with Gasteiger partial charge in [-0.3, -0.25) is 4.18 Å². The van der Waals surface area contributed by atoms with E-state index < -0.39 is 34.7 Å². The molecule has 5 nitrogen and oxygen atoms in total. The topological polar surface area (TPSA) is 68.5 Å². The van der Waals surface area contributed by atoms with E-state index in [-0.39, 0.29) is 10.3 Å². The van der Waals surface area contributed by atoms with E-state index in [4.69, 9.17) is 4.18 Å². The summed E-state index contributed by atoms with van der Waals surface area (Å²) in [6.45, 7) is 7.85. The highest BCUT2D eigenvalue weighted by Gasteiger charge is 2.29. The van der Waals surface area contributed by atoms with Crippen molar-refractivity contribution in [3.05, 3.63) is 126 Å². The normalized spacial score (nSPS) is 13.8. The van der Waals surface area contributed by atoms with Gasteiger partial charge in [0.1, 0.15) is 11.9 Å². The molecule has 0 amide bonds. The van der Waals surface area contributed by atoms with Crippen LogP contribution >= 0.6 is 0 Å². The maximum Gasteiger partial charge on any atom is 0.297 e. The number of rotatable bonds is 8. The molecule has 0 aliphatic carbocycles. The van der Waals surface area contributed by atoms with Crippen LogP contribution in [0.25, 0.3) is 22.0 Å². The number of halogens is 1. The van der Waals surface area contributed by atoms with Crippen LogP contribution in [0.4, 0.5) is 4.39 Å². The van der Waals surface area contributed by atoms with Crippen molar-refractivity contribution < 1.29 is 22.1 Å². The minimum atomic E-state index is -4.12. The van der Waals surface area contributed by atoms with Gasteiger partial charge >= 0.3 is 0 Å². The van der Waals surface area contributed by atoms with Gasteiger partial charge in [0.2, 0.25) is 0 Å². The van der Waals surface area contributed by atoms with E-state index in [1.54, 1.807) is 24.3 Å². The standard InChI is InChI=1S/C34H34FNO4S/c1-23-12-18-28(19-13-23)41(38,39)40-22-32(37)33(25-8-7-9-27(35)20-25)36-21-30(29-10-5-6-11-31(29)36)24-14-16-26(17-15-24)34(2,3)4/h5-21,32-33,37H,22H2,1-4H3/t32-,33+/m1/s1. The lowest BCUT2D eigenvalue weighted by molar-refractivity contribution is 0.0784. The van der Waals surface area contributed by atoms with E-state index in [1.165, 1.54) is 29.8 Å². The zero-order valence-corrected chi connectivity index (χ0v) is 24.4. The highest BCUT2D eigenvalue weighted by Crippen LogP contribution is 2.37. The molecule has 0 spiro atoms. The quantitative estimate of drug-likeness (QED) is 0.197. The van der Waals surface area contributed by atoms with Gasteiger partial charge in [-0.25, -0.2) is 4.39 Å². The van der Waals surface area contributed by atoms with Crippen molar-refractivity contribution >= 4 is 21.0 Å². The first-order valence-corrected chi connectivity index (χ1v) is 14.9. The number of benzene rings is 4. The average molecular weight is 572 g/mol. The van der Waals surface area contributed by atoms with Gasteiger partial charge in [0.15, 0.2) is 0 Å². The number of hydrogen-bond acceptors (Lipinski definition) is 4. The molecule has 41 heavy (non-hydrogen) atoms. The number of fused-ring (bicyclic) bond motifs is 1. The van der Waals surface area contributed by atoms with Crippen LogP contribution in [0.3, 0.4) is 0 Å². The van der Waals surface area contributed by atoms with E-state index >= 15 is 0 Å². The molecule has 0 radical (unpaired) electrons. The molecule has 212 valence electrons. The predicted molar refractivity (Wildman–Crippen MR) is 161 cm³/mol. The number of aryl methyl sites for hydroxylation is 1. The van der Waals surface area contributed by atoms with Crippen LogP contribution < -0.4 is 0 Å². The van der Waals surface area contributed by atoms with Crippen LogP contribution in [0.15, 0.2) is 108 Å². The fourth-order valence-electron chi connectivity index (χ4n) is 5.10. The Hall–Kier alpha value is -3.78. The molecule has 0 saturated heterocycles. The summed E-state index contributed by atoms with van der Waals surface area (Å²) in [5, 5.41) is 12.4. The second-order valence-corrected chi connectivity index (χ2v) is 13.0. The molecule has 5 aromatic rings. The average Bonchev–Trinajstić information content (AvgIpc) is 3.31. The third-order valence-electron chi connectivity index (χ3n) is 7.36. The predicted octanol–water partition coefficient (Wildman–Crippen LogP) is 7.41. The van der Waals surface area contributed by atoms with Gasteiger partial charge in [0.05, 0.1) is 17.5 Å². The van der Waals surface area contributed by atoms with E-state index in [2.05, 4.69) is 45.0 Å². The van der Waals surface area contributed by atoms with Crippen molar-refractivity contribution in [1.29, 1.82) is 0 Å². The van der Waals surface area contributed by atoms with E-state index in [0.29, 0.717) is 5.56 Å². The molecule has 1 heterocycles. The highest BCUT2D eigenvalue weighted by molar-refractivity contribution is 7.86. The Morgan fingerprint density at radius 3 is 2.24 bits per heavy atom. The first-order chi connectivity index (χ1) is 19.4. The molecule has 0 unspecified atom stereocenters. The largest absolute Gasteiger partial charge is 0.388 e. The molecule has 7 heteroatoms. The summed E-state index contributed by atoms with van der Waals surface area (Å²) in [4.78, 5) is 0.00464. The van der Waals surface area contributed by atoms with Crippen LogP contribution in [-0.2, 0) is 19.7 Å². The fraction of sp³-hybridized carbons (Fsp3) is 0.235. The highest BCUT2D eigenvalue weighted by atomic mass is 32.2. The molecular weight excluding hydrogens is 537 g/mol. The molecule has 1 aromatic heterocycles. The van der Waals surface area contributed by atoms with Gasteiger partial charge in [0, 0.05) is 22.7 Å². The molecule has 0 fully saturated rings. The molecule has 0 saturated carbocycles. The summed E-state index contributed by atoms with van der Waals surface area (Å²) in [6.07, 6.45) is 0.619. The van der Waals surface area contributed by atoms with E-state index in [9.17, 15) is 17.9 Å². The molecule has 5 rings (SSSR count). The smallest absolute Gasteiger partial charge is 0.297 e. The van der Waals surface area contributed by atoms with Gasteiger partial charge in [-0.2, -0.15) is 8.42 Å². The van der Waals surface area contributed by atoms with Crippen LogP contribution in [0, 0.1) is 12.7 Å². The number of para-hydroxylation sites is 1. The molecule has 0 bridgehead atoms. The van der Waals surface area contributed by atoms with Crippen LogP contribution in [0.5, 0.6) is 0 Å². The Balaban J connectivity index is 1.56. The number of aromatic nitrogens is 1. The Morgan fingerprint density at radius 2 is 1.59 bits per heavy atom. The lowest BCUT2D eigenvalue weighted by atomic mass is 9.86. The summed E-state index contributed by atoms with van der Waals surface area (Å²) < 4.78 is 47.4. The summed E-state index contributed by atoms with van der Waals surface area (Å²) in [7, 11) is -4.12. The van der Waals surface area contributed by atoms with Crippen molar-refractivity contribution in [2.75, 3.05) is 6.61 Å². The van der Waals surface area contributed by atoms with E-state index in [0.717, 1.165) is 27.6 Å².